The minimum Gasteiger partial charge on any atom is -0.384 e. The zero-order valence-corrected chi connectivity index (χ0v) is 9.33. The van der Waals surface area contributed by atoms with Crippen molar-refractivity contribution in [2.45, 2.75) is 0 Å². The first-order valence-electron chi connectivity index (χ1n) is 5.25. The van der Waals surface area contributed by atoms with E-state index in [0.29, 0.717) is 5.82 Å². The third-order valence-corrected chi connectivity index (χ3v) is 2.70. The summed E-state index contributed by atoms with van der Waals surface area (Å²) in [6, 6.07) is 7.58. The van der Waals surface area contributed by atoms with Crippen molar-refractivity contribution in [1.82, 2.24) is 19.5 Å². The summed E-state index contributed by atoms with van der Waals surface area (Å²) >= 11 is 0. The maximum absolute atomic E-state index is 5.68. The lowest BCUT2D eigenvalue weighted by molar-refractivity contribution is 0.959. The van der Waals surface area contributed by atoms with E-state index in [-0.39, 0.29) is 0 Å². The second-order valence-corrected chi connectivity index (χ2v) is 3.81. The van der Waals surface area contributed by atoms with Gasteiger partial charge in [0.25, 0.3) is 0 Å². The van der Waals surface area contributed by atoms with Crippen molar-refractivity contribution in [1.29, 1.82) is 0 Å². The summed E-state index contributed by atoms with van der Waals surface area (Å²) in [6.07, 6.45) is 3.41. The zero-order chi connectivity index (χ0) is 11.8. The maximum Gasteiger partial charge on any atom is 0.178 e. The molecule has 0 aliphatic rings. The van der Waals surface area contributed by atoms with Gasteiger partial charge in [0, 0.05) is 25.0 Å². The lowest BCUT2D eigenvalue weighted by Gasteiger charge is -2.02. The number of hydrogen-bond acceptors (Lipinski definition) is 4. The fraction of sp³-hybridized carbons (Fsp3) is 0.0833. The van der Waals surface area contributed by atoms with Crippen LogP contribution >= 0.6 is 0 Å². The van der Waals surface area contributed by atoms with Crippen molar-refractivity contribution in [3.05, 3.63) is 36.7 Å². The number of pyridine rings is 2. The smallest absolute Gasteiger partial charge is 0.178 e. The molecule has 5 heteroatoms. The van der Waals surface area contributed by atoms with Gasteiger partial charge in [-0.1, -0.05) is 0 Å². The van der Waals surface area contributed by atoms with Crippen LogP contribution in [0.4, 0.5) is 5.82 Å². The summed E-state index contributed by atoms with van der Waals surface area (Å²) < 4.78 is 2.00. The minimum atomic E-state index is 0.488. The maximum atomic E-state index is 5.68. The summed E-state index contributed by atoms with van der Waals surface area (Å²) in [7, 11) is 1.96. The van der Waals surface area contributed by atoms with E-state index in [0.717, 1.165) is 22.6 Å². The molecule has 84 valence electrons. The van der Waals surface area contributed by atoms with Gasteiger partial charge in [0.1, 0.15) is 11.6 Å². The SMILES string of the molecule is Cn1c(-c2ccnc(N)c2)nc2ncccc21. The van der Waals surface area contributed by atoms with Crippen molar-refractivity contribution in [3.8, 4) is 11.4 Å². The first-order valence-corrected chi connectivity index (χ1v) is 5.25. The predicted octanol–water partition coefficient (Wildman–Crippen LogP) is 1.61. The molecule has 0 aliphatic heterocycles. The quantitative estimate of drug-likeness (QED) is 0.683. The van der Waals surface area contributed by atoms with Crippen LogP contribution in [0.25, 0.3) is 22.6 Å². The number of nitrogen functional groups attached to an aromatic ring is 1. The van der Waals surface area contributed by atoms with Crippen molar-refractivity contribution in [2.75, 3.05) is 5.73 Å². The molecular formula is C12H11N5. The summed E-state index contributed by atoms with van der Waals surface area (Å²) in [4.78, 5) is 12.7. The molecular weight excluding hydrogens is 214 g/mol. The largest absolute Gasteiger partial charge is 0.384 e. The number of nitrogens with zero attached hydrogens (tertiary/aromatic N) is 4. The molecule has 17 heavy (non-hydrogen) atoms. The first kappa shape index (κ1) is 9.77. The molecule has 2 N–H and O–H groups in total. The zero-order valence-electron chi connectivity index (χ0n) is 9.33. The minimum absolute atomic E-state index is 0.488. The van der Waals surface area contributed by atoms with E-state index >= 15 is 0 Å². The van der Waals surface area contributed by atoms with Gasteiger partial charge in [-0.05, 0) is 24.3 Å². The third-order valence-electron chi connectivity index (χ3n) is 2.70. The molecule has 0 saturated heterocycles. The molecule has 0 atom stereocenters. The average molecular weight is 225 g/mol. The van der Waals surface area contributed by atoms with E-state index in [2.05, 4.69) is 15.0 Å². The van der Waals surface area contributed by atoms with Crippen LogP contribution in [0.1, 0.15) is 0 Å². The Labute approximate surface area is 98.0 Å². The van der Waals surface area contributed by atoms with Gasteiger partial charge in [-0.2, -0.15) is 0 Å². The number of imidazole rings is 1. The predicted molar refractivity (Wildman–Crippen MR) is 66.2 cm³/mol. The highest BCUT2D eigenvalue weighted by Crippen LogP contribution is 2.22. The van der Waals surface area contributed by atoms with Crippen LogP contribution in [0.3, 0.4) is 0 Å². The molecule has 3 aromatic rings. The number of nitrogens with two attached hydrogens (primary N) is 1. The number of aryl methyl sites for hydroxylation is 1. The Balaban J connectivity index is 2.27. The number of hydrogen-bond donors (Lipinski definition) is 1. The molecule has 3 aromatic heterocycles. The van der Waals surface area contributed by atoms with E-state index < -0.39 is 0 Å². The number of rotatable bonds is 1. The highest BCUT2D eigenvalue weighted by Gasteiger charge is 2.10. The monoisotopic (exact) mass is 225 g/mol. The molecule has 0 aromatic carbocycles. The first-order chi connectivity index (χ1) is 8.25. The summed E-state index contributed by atoms with van der Waals surface area (Å²) in [5.41, 5.74) is 8.35. The lowest BCUT2D eigenvalue weighted by atomic mass is 10.2. The van der Waals surface area contributed by atoms with Gasteiger partial charge in [-0.3, -0.25) is 0 Å². The van der Waals surface area contributed by atoms with Crippen LogP contribution in [0.2, 0.25) is 0 Å². The van der Waals surface area contributed by atoms with Gasteiger partial charge in [-0.15, -0.1) is 0 Å². The van der Waals surface area contributed by atoms with Crippen molar-refractivity contribution < 1.29 is 0 Å². The number of aromatic nitrogens is 4. The second-order valence-electron chi connectivity index (χ2n) is 3.81. The molecule has 0 amide bonds. The van der Waals surface area contributed by atoms with Crippen LogP contribution in [-0.2, 0) is 7.05 Å². The summed E-state index contributed by atoms with van der Waals surface area (Å²) in [5.74, 6) is 1.33. The molecule has 0 saturated carbocycles. The van der Waals surface area contributed by atoms with Gasteiger partial charge >= 0.3 is 0 Å². The molecule has 0 spiro atoms. The number of fused-ring (bicyclic) bond motifs is 1. The van der Waals surface area contributed by atoms with E-state index in [1.165, 1.54) is 0 Å². The standard InChI is InChI=1S/C12H11N5/c1-17-9-3-2-5-15-11(9)16-12(17)8-4-6-14-10(13)7-8/h2-7H,1H3,(H2,13,14). The molecule has 0 unspecified atom stereocenters. The Morgan fingerprint density at radius 1 is 1.18 bits per heavy atom. The number of anilines is 1. The van der Waals surface area contributed by atoms with Gasteiger partial charge in [0.2, 0.25) is 0 Å². The van der Waals surface area contributed by atoms with Crippen LogP contribution in [0.15, 0.2) is 36.7 Å². The topological polar surface area (TPSA) is 69.6 Å². The molecule has 0 bridgehead atoms. The van der Waals surface area contributed by atoms with E-state index in [1.807, 2.05) is 29.8 Å². The normalized spacial score (nSPS) is 10.9. The molecule has 0 radical (unpaired) electrons. The van der Waals surface area contributed by atoms with Gasteiger partial charge < -0.3 is 10.3 Å². The lowest BCUT2D eigenvalue weighted by Crippen LogP contribution is -1.95. The molecule has 3 rings (SSSR count). The molecule has 5 nitrogen and oxygen atoms in total. The fourth-order valence-electron chi connectivity index (χ4n) is 1.87. The molecule has 0 fully saturated rings. The van der Waals surface area contributed by atoms with Crippen LogP contribution in [-0.4, -0.2) is 19.5 Å². The second kappa shape index (κ2) is 3.55. The fourth-order valence-corrected chi connectivity index (χ4v) is 1.87. The van der Waals surface area contributed by atoms with E-state index in [9.17, 15) is 0 Å². The Hall–Kier alpha value is -2.43. The Kier molecular flexibility index (Phi) is 2.04. The van der Waals surface area contributed by atoms with Crippen LogP contribution < -0.4 is 5.73 Å². The Bertz CT molecular complexity index is 686. The van der Waals surface area contributed by atoms with Crippen LogP contribution in [0, 0.1) is 0 Å². The molecule has 3 heterocycles. The van der Waals surface area contributed by atoms with Gasteiger partial charge in [0.15, 0.2) is 5.65 Å². The summed E-state index contributed by atoms with van der Waals surface area (Å²) in [5, 5.41) is 0. The van der Waals surface area contributed by atoms with Gasteiger partial charge in [0.05, 0.1) is 5.52 Å². The van der Waals surface area contributed by atoms with E-state index in [4.69, 9.17) is 5.73 Å². The van der Waals surface area contributed by atoms with Gasteiger partial charge in [-0.25, -0.2) is 15.0 Å². The van der Waals surface area contributed by atoms with Crippen molar-refractivity contribution >= 4 is 17.0 Å². The Morgan fingerprint density at radius 3 is 2.82 bits per heavy atom. The van der Waals surface area contributed by atoms with Crippen molar-refractivity contribution in [3.63, 3.8) is 0 Å². The Morgan fingerprint density at radius 2 is 2.06 bits per heavy atom. The van der Waals surface area contributed by atoms with Crippen LogP contribution in [0.5, 0.6) is 0 Å². The summed E-state index contributed by atoms with van der Waals surface area (Å²) in [6.45, 7) is 0. The third kappa shape index (κ3) is 1.52. The average Bonchev–Trinajstić information content (AvgIpc) is 2.68. The van der Waals surface area contributed by atoms with E-state index in [1.54, 1.807) is 18.5 Å². The highest BCUT2D eigenvalue weighted by atomic mass is 15.1. The highest BCUT2D eigenvalue weighted by molar-refractivity contribution is 5.77. The van der Waals surface area contributed by atoms with Crippen molar-refractivity contribution in [2.24, 2.45) is 7.05 Å². The molecule has 0 aliphatic carbocycles.